The lowest BCUT2D eigenvalue weighted by atomic mass is 9.93. The molecule has 0 nitrogen and oxygen atoms in total. The van der Waals surface area contributed by atoms with E-state index in [1.165, 1.54) is 0 Å². The van der Waals surface area contributed by atoms with Crippen LogP contribution in [0, 0.1) is 0 Å². The Bertz CT molecular complexity index is 565. The third-order valence-electron chi connectivity index (χ3n) is 2.45. The summed E-state index contributed by atoms with van der Waals surface area (Å²) in [7, 11) is 0. The van der Waals surface area contributed by atoms with E-state index in [1.54, 1.807) is 6.08 Å². The molecule has 0 radical (unpaired) electrons. The van der Waals surface area contributed by atoms with E-state index >= 15 is 0 Å². The van der Waals surface area contributed by atoms with Gasteiger partial charge in [-0.15, -0.1) is 0 Å². The molecule has 2 aromatic carbocycles. The van der Waals surface area contributed by atoms with E-state index in [4.69, 9.17) is 2.74 Å². The van der Waals surface area contributed by atoms with E-state index < -0.39 is 6.40 Å². The second kappa shape index (κ2) is 2.46. The monoisotopic (exact) mass is 168 g/mol. The van der Waals surface area contributed by atoms with Crippen LogP contribution >= 0.6 is 0 Å². The SMILES string of the molecule is [2H]C1=Cc2cccc3cccc(c23)C1[2H]. The maximum atomic E-state index is 7.94. The minimum Gasteiger partial charge on any atom is -0.0795 e. The van der Waals surface area contributed by atoms with Gasteiger partial charge in [-0.1, -0.05) is 48.5 Å². The zero-order valence-corrected chi connectivity index (χ0v) is 7.12. The van der Waals surface area contributed by atoms with Crippen molar-refractivity contribution in [3.05, 3.63) is 53.6 Å². The molecule has 0 N–H and O–H groups in total. The first-order chi connectivity index (χ1) is 7.27. The van der Waals surface area contributed by atoms with Crippen molar-refractivity contribution in [2.75, 3.05) is 0 Å². The molecule has 0 heterocycles. The maximum Gasteiger partial charge on any atom is 0.0580 e. The Morgan fingerprint density at radius 2 is 2.00 bits per heavy atom. The summed E-state index contributed by atoms with van der Waals surface area (Å²) in [4.78, 5) is 0. The molecule has 0 saturated heterocycles. The molecule has 1 aliphatic carbocycles. The fourth-order valence-corrected chi connectivity index (χ4v) is 1.86. The van der Waals surface area contributed by atoms with Gasteiger partial charge < -0.3 is 0 Å². The minimum absolute atomic E-state index is 0.376. The first-order valence-electron chi connectivity index (χ1n) is 5.47. The number of allylic oxidation sites excluding steroid dienone is 1. The molecule has 2 aromatic rings. The van der Waals surface area contributed by atoms with Crippen LogP contribution in [-0.4, -0.2) is 0 Å². The van der Waals surface area contributed by atoms with Gasteiger partial charge in [-0.05, 0) is 28.3 Å². The quantitative estimate of drug-likeness (QED) is 0.565. The smallest absolute Gasteiger partial charge is 0.0580 e. The van der Waals surface area contributed by atoms with Gasteiger partial charge in [0, 0.05) is 1.37 Å². The van der Waals surface area contributed by atoms with Crippen molar-refractivity contribution in [3.63, 3.8) is 0 Å². The van der Waals surface area contributed by atoms with E-state index in [0.717, 1.165) is 21.9 Å². The summed E-state index contributed by atoms with van der Waals surface area (Å²) >= 11 is 0. The van der Waals surface area contributed by atoms with Crippen LogP contribution in [0.1, 0.15) is 13.9 Å². The van der Waals surface area contributed by atoms with Crippen molar-refractivity contribution in [1.29, 1.82) is 0 Å². The molecule has 0 amide bonds. The van der Waals surface area contributed by atoms with E-state index in [1.807, 2.05) is 24.3 Å². The highest BCUT2D eigenvalue weighted by Crippen LogP contribution is 2.27. The summed E-state index contributed by atoms with van der Waals surface area (Å²) in [6.07, 6.45) is 1.27. The molecule has 0 bridgehead atoms. The van der Waals surface area contributed by atoms with Crippen LogP contribution in [0.4, 0.5) is 0 Å². The largest absolute Gasteiger partial charge is 0.0795 e. The average molecular weight is 168 g/mol. The lowest BCUT2D eigenvalue weighted by molar-refractivity contribution is 1.29. The molecule has 3 rings (SSSR count). The molecule has 1 aliphatic rings. The normalized spacial score (nSPS) is 22.2. The van der Waals surface area contributed by atoms with Gasteiger partial charge in [-0.25, -0.2) is 0 Å². The fraction of sp³-hybridized carbons (Fsp3) is 0.0769. The van der Waals surface area contributed by atoms with Crippen LogP contribution < -0.4 is 0 Å². The molecule has 0 heteroatoms. The molecule has 0 fully saturated rings. The first kappa shape index (κ1) is 5.23. The van der Waals surface area contributed by atoms with E-state index in [0.29, 0.717) is 6.05 Å². The third kappa shape index (κ3) is 0.919. The van der Waals surface area contributed by atoms with E-state index in [-0.39, 0.29) is 0 Å². The highest BCUT2D eigenvalue weighted by atomic mass is 14.1. The van der Waals surface area contributed by atoms with Crippen LogP contribution in [0.25, 0.3) is 16.8 Å². The Hall–Kier alpha value is -1.56. The number of benzene rings is 2. The zero-order valence-electron chi connectivity index (χ0n) is 9.12. The summed E-state index contributed by atoms with van der Waals surface area (Å²) in [6, 6.07) is 12.4. The van der Waals surface area contributed by atoms with Crippen molar-refractivity contribution in [2.24, 2.45) is 0 Å². The molecule has 0 aromatic heterocycles. The summed E-state index contributed by atoms with van der Waals surface area (Å²) in [5, 5.41) is 2.29. The lowest BCUT2D eigenvalue weighted by Crippen LogP contribution is -1.91. The molecule has 1 atom stereocenters. The average Bonchev–Trinajstić information content (AvgIpc) is 2.26. The standard InChI is InChI=1S/C13H10/c1-4-10-6-2-8-12-9-3-7-11(5-1)13(10)12/h1-8H,9H2/i3D,9D. The fourth-order valence-electron chi connectivity index (χ4n) is 1.86. The van der Waals surface area contributed by atoms with Crippen molar-refractivity contribution in [3.8, 4) is 0 Å². The van der Waals surface area contributed by atoms with Gasteiger partial charge in [0.1, 0.15) is 0 Å². The first-order valence-corrected chi connectivity index (χ1v) is 4.39. The summed E-state index contributed by atoms with van der Waals surface area (Å²) in [5.74, 6) is 0. The van der Waals surface area contributed by atoms with Gasteiger partial charge in [-0.3, -0.25) is 0 Å². The van der Waals surface area contributed by atoms with Gasteiger partial charge in [0.15, 0.2) is 0 Å². The summed E-state index contributed by atoms with van der Waals surface area (Å²) < 4.78 is 15.7. The Balaban J connectivity index is 2.49. The Kier molecular flexibility index (Phi) is 0.990. The van der Waals surface area contributed by atoms with Crippen LogP contribution in [0.15, 0.2) is 42.5 Å². The highest BCUT2D eigenvalue weighted by molar-refractivity contribution is 5.94. The zero-order chi connectivity index (χ0) is 10.4. The van der Waals surface area contributed by atoms with Gasteiger partial charge >= 0.3 is 0 Å². The van der Waals surface area contributed by atoms with Gasteiger partial charge in [0.05, 0.1) is 1.37 Å². The molecular formula is C13H10. The van der Waals surface area contributed by atoms with Crippen molar-refractivity contribution >= 4 is 16.8 Å². The Labute approximate surface area is 80.3 Å². The lowest BCUT2D eigenvalue weighted by Gasteiger charge is -2.11. The summed E-state index contributed by atoms with van der Waals surface area (Å²) in [5.41, 5.74) is 2.02. The topological polar surface area (TPSA) is 0 Å². The van der Waals surface area contributed by atoms with Gasteiger partial charge in [-0.2, -0.15) is 0 Å². The predicted octanol–water partition coefficient (Wildman–Crippen LogP) is 3.41. The molecule has 62 valence electrons. The van der Waals surface area contributed by atoms with Gasteiger partial charge in [0.25, 0.3) is 0 Å². The van der Waals surface area contributed by atoms with Crippen molar-refractivity contribution in [1.82, 2.24) is 0 Å². The Morgan fingerprint density at radius 1 is 1.15 bits per heavy atom. The molecule has 13 heavy (non-hydrogen) atoms. The second-order valence-electron chi connectivity index (χ2n) is 3.25. The van der Waals surface area contributed by atoms with Crippen LogP contribution in [0.3, 0.4) is 0 Å². The minimum atomic E-state index is -0.524. The van der Waals surface area contributed by atoms with Crippen LogP contribution in [0.5, 0.6) is 0 Å². The third-order valence-corrected chi connectivity index (χ3v) is 2.45. The van der Waals surface area contributed by atoms with Gasteiger partial charge in [0.2, 0.25) is 0 Å². The molecule has 0 saturated carbocycles. The second-order valence-corrected chi connectivity index (χ2v) is 3.25. The number of hydrogen-bond acceptors (Lipinski definition) is 0. The van der Waals surface area contributed by atoms with E-state index in [2.05, 4.69) is 12.1 Å². The van der Waals surface area contributed by atoms with E-state index in [9.17, 15) is 0 Å². The Morgan fingerprint density at radius 3 is 2.92 bits per heavy atom. The predicted molar refractivity (Wildman–Crippen MR) is 56.7 cm³/mol. The number of hydrogen-bond donors (Lipinski definition) is 0. The molecular weight excluding hydrogens is 156 g/mol. The maximum absolute atomic E-state index is 7.94. The summed E-state index contributed by atoms with van der Waals surface area (Å²) in [6.45, 7) is 0. The van der Waals surface area contributed by atoms with Crippen molar-refractivity contribution < 1.29 is 2.74 Å². The van der Waals surface area contributed by atoms with Crippen LogP contribution in [-0.2, 0) is 6.40 Å². The molecule has 0 spiro atoms. The van der Waals surface area contributed by atoms with Crippen molar-refractivity contribution in [2.45, 2.75) is 6.40 Å². The number of rotatable bonds is 0. The molecule has 0 aliphatic heterocycles. The van der Waals surface area contributed by atoms with Crippen LogP contribution in [0.2, 0.25) is 0 Å². The molecule has 1 unspecified atom stereocenters. The highest BCUT2D eigenvalue weighted by Gasteiger charge is 2.06.